The van der Waals surface area contributed by atoms with Crippen LogP contribution in [0.4, 0.5) is 0 Å². The van der Waals surface area contributed by atoms with Crippen molar-refractivity contribution in [3.8, 4) is 0 Å². The fraction of sp³-hybridized carbons (Fsp3) is 0. The zero-order valence-electron chi connectivity index (χ0n) is 2.93. The van der Waals surface area contributed by atoms with E-state index >= 15 is 0 Å². The van der Waals surface area contributed by atoms with Gasteiger partial charge in [-0.25, -0.2) is 0 Å². The Hall–Kier alpha value is -0.131. The molecule has 0 amide bonds. The summed E-state index contributed by atoms with van der Waals surface area (Å²) in [6.45, 7) is 0. The quantitative estimate of drug-likeness (QED) is 0.344. The van der Waals surface area contributed by atoms with Crippen molar-refractivity contribution in [3.63, 3.8) is 0 Å². The maximum atomic E-state index is 2.62. The first-order valence-electron chi connectivity index (χ1n) is 1.33. The summed E-state index contributed by atoms with van der Waals surface area (Å²) in [5.74, 6) is 0. The summed E-state index contributed by atoms with van der Waals surface area (Å²) in [5.41, 5.74) is 0. The van der Waals surface area contributed by atoms with Gasteiger partial charge in [0.25, 0.3) is 0 Å². The zero-order valence-corrected chi connectivity index (χ0v) is 4.04. The molecular formula is C5HFe+. The minimum Gasteiger partial charge on any atom is -0.999 e. The van der Waals surface area contributed by atoms with Crippen LogP contribution in [0.1, 0.15) is 0 Å². The molecule has 0 aromatic heterocycles. The van der Waals surface area contributed by atoms with Gasteiger partial charge in [-0.2, -0.15) is 0 Å². The molecule has 0 heterocycles. The van der Waals surface area contributed by atoms with Gasteiger partial charge < -0.3 is 30.3 Å². The van der Waals surface area contributed by atoms with Crippen molar-refractivity contribution in [2.24, 2.45) is 0 Å². The van der Waals surface area contributed by atoms with E-state index in [1.165, 1.54) is 0 Å². The minimum atomic E-state index is 0. The number of hydrogen-bond donors (Lipinski definition) is 0. The topological polar surface area (TPSA) is 0 Å². The molecule has 0 N–H and O–H groups in total. The molecule has 0 aliphatic carbocycles. The molecule has 0 fully saturated rings. The van der Waals surface area contributed by atoms with E-state index in [1.807, 2.05) is 0 Å². The summed E-state index contributed by atoms with van der Waals surface area (Å²) in [4.78, 5) is 0. The van der Waals surface area contributed by atoms with E-state index in [1.54, 1.807) is 6.07 Å². The summed E-state index contributed by atoms with van der Waals surface area (Å²) in [6, 6.07) is 12.0. The molecule has 1 aromatic carbocycles. The van der Waals surface area contributed by atoms with Crippen molar-refractivity contribution < 1.29 is 17.1 Å². The molecule has 1 heteroatoms. The van der Waals surface area contributed by atoms with Gasteiger partial charge in [-0.1, -0.05) is 0 Å². The van der Waals surface area contributed by atoms with Crippen LogP contribution < -0.4 is 0 Å². The third kappa shape index (κ3) is 1.34. The Morgan fingerprint density at radius 2 is 1.50 bits per heavy atom. The van der Waals surface area contributed by atoms with E-state index in [0.29, 0.717) is 0 Å². The van der Waals surface area contributed by atoms with Crippen LogP contribution in [0, 0.1) is 24.3 Å². The van der Waals surface area contributed by atoms with E-state index in [2.05, 4.69) is 24.3 Å². The van der Waals surface area contributed by atoms with Crippen molar-refractivity contribution in [3.05, 3.63) is 30.3 Å². The van der Waals surface area contributed by atoms with Gasteiger partial charge >= 0.3 is 17.1 Å². The Bertz CT molecular complexity index is 60.4. The molecule has 0 saturated carbocycles. The molecule has 0 saturated heterocycles. The normalized spacial score (nSPS) is 6.67. The number of rotatable bonds is 0. The number of hydrogen-bond acceptors (Lipinski definition) is 0. The first kappa shape index (κ1) is 5.87. The second-order valence-electron chi connectivity index (χ2n) is 0.683. The first-order chi connectivity index (χ1) is 2.50. The Morgan fingerprint density at radius 3 is 1.67 bits per heavy atom. The zero-order chi connectivity index (χ0) is 3.54. The molecule has 0 spiro atoms. The van der Waals surface area contributed by atoms with Crippen LogP contribution in [0.5, 0.6) is 0 Å². The minimum absolute atomic E-state index is 0. The fourth-order valence-corrected chi connectivity index (χ4v) is 0.180. The standard InChI is InChI=1S/C5H.Fe/c1-2-4-5-3-1;/h1H;/q-5;+6. The molecule has 1 aromatic rings. The third-order valence-electron chi connectivity index (χ3n) is 0.351. The molecular weight excluding hydrogens is 116 g/mol. The molecule has 0 atom stereocenters. The van der Waals surface area contributed by atoms with Gasteiger partial charge in [0, 0.05) is 0 Å². The van der Waals surface area contributed by atoms with Gasteiger partial charge in [0.2, 0.25) is 0 Å². The second kappa shape index (κ2) is 3.07. The van der Waals surface area contributed by atoms with Crippen molar-refractivity contribution in [2.45, 2.75) is 0 Å². The van der Waals surface area contributed by atoms with Gasteiger partial charge in [-0.15, -0.1) is 0 Å². The van der Waals surface area contributed by atoms with Crippen LogP contribution in [-0.2, 0) is 17.1 Å². The third-order valence-corrected chi connectivity index (χ3v) is 0.351. The van der Waals surface area contributed by atoms with E-state index in [-0.39, 0.29) is 17.1 Å². The molecule has 0 unspecified atom stereocenters. The molecule has 0 bridgehead atoms. The van der Waals surface area contributed by atoms with E-state index in [9.17, 15) is 0 Å². The largest absolute Gasteiger partial charge is 6.00 e. The van der Waals surface area contributed by atoms with Crippen LogP contribution >= 0.6 is 0 Å². The van der Waals surface area contributed by atoms with E-state index in [0.717, 1.165) is 0 Å². The van der Waals surface area contributed by atoms with Crippen LogP contribution in [0.25, 0.3) is 0 Å². The maximum absolute atomic E-state index is 2.62. The molecule has 0 aliphatic heterocycles. The average Bonchev–Trinajstić information content (AvgIpc) is 1.76. The SMILES string of the molecule is [Fe+6].[c-]1[c-][c-][cH-][c-]1. The Labute approximate surface area is 48.0 Å². The predicted molar refractivity (Wildman–Crippen MR) is 17.4 cm³/mol. The molecule has 28 valence electrons. The summed E-state index contributed by atoms with van der Waals surface area (Å²) in [7, 11) is 0. The Morgan fingerprint density at radius 1 is 1.00 bits per heavy atom. The smallest absolute Gasteiger partial charge is 0.999 e. The van der Waals surface area contributed by atoms with Crippen molar-refractivity contribution in [1.29, 1.82) is 0 Å². The van der Waals surface area contributed by atoms with Crippen molar-refractivity contribution in [1.82, 2.24) is 0 Å². The average molecular weight is 117 g/mol. The van der Waals surface area contributed by atoms with Gasteiger partial charge in [0.1, 0.15) is 0 Å². The maximum Gasteiger partial charge on any atom is 6.00 e. The van der Waals surface area contributed by atoms with Crippen molar-refractivity contribution in [2.75, 3.05) is 0 Å². The summed E-state index contributed by atoms with van der Waals surface area (Å²) in [5, 5.41) is 0. The molecule has 0 aliphatic rings. The monoisotopic (exact) mass is 117 g/mol. The molecule has 6 heavy (non-hydrogen) atoms. The summed E-state index contributed by atoms with van der Waals surface area (Å²) in [6.07, 6.45) is 0. The fourth-order valence-electron chi connectivity index (χ4n) is 0.180. The van der Waals surface area contributed by atoms with Crippen LogP contribution in [0.15, 0.2) is 6.07 Å². The molecule has 0 radical (unpaired) electrons. The van der Waals surface area contributed by atoms with Gasteiger partial charge in [0.05, 0.1) is 0 Å². The summed E-state index contributed by atoms with van der Waals surface area (Å²) >= 11 is 0. The van der Waals surface area contributed by atoms with Gasteiger partial charge in [-0.3, -0.25) is 0 Å². The van der Waals surface area contributed by atoms with Crippen LogP contribution in [0.2, 0.25) is 0 Å². The van der Waals surface area contributed by atoms with Gasteiger partial charge in [0.15, 0.2) is 0 Å². The molecule has 0 nitrogen and oxygen atoms in total. The Kier molecular flexibility index (Phi) is 3.01. The second-order valence-corrected chi connectivity index (χ2v) is 0.683. The van der Waals surface area contributed by atoms with E-state index in [4.69, 9.17) is 0 Å². The van der Waals surface area contributed by atoms with Crippen molar-refractivity contribution >= 4 is 0 Å². The Balaban J connectivity index is 0.000000250. The first-order valence-corrected chi connectivity index (χ1v) is 1.33. The van der Waals surface area contributed by atoms with Crippen LogP contribution in [-0.4, -0.2) is 0 Å². The van der Waals surface area contributed by atoms with Crippen LogP contribution in [0.3, 0.4) is 0 Å². The van der Waals surface area contributed by atoms with E-state index < -0.39 is 0 Å². The van der Waals surface area contributed by atoms with Gasteiger partial charge in [-0.05, 0) is 0 Å². The predicted octanol–water partition coefficient (Wildman–Crippen LogP) is 0.604. The molecule has 1 rings (SSSR count). The summed E-state index contributed by atoms with van der Waals surface area (Å²) < 4.78 is 0.